The largest absolute Gasteiger partial charge is 0.319 e. The highest BCUT2D eigenvalue weighted by atomic mass is 32.2. The van der Waals surface area contributed by atoms with Gasteiger partial charge in [0, 0.05) is 18.2 Å². The summed E-state index contributed by atoms with van der Waals surface area (Å²) >= 11 is 0. The molecule has 1 aliphatic rings. The van der Waals surface area contributed by atoms with Crippen molar-refractivity contribution in [3.63, 3.8) is 0 Å². The summed E-state index contributed by atoms with van der Waals surface area (Å²) in [6, 6.07) is 7.50. The van der Waals surface area contributed by atoms with Crippen molar-refractivity contribution in [3.05, 3.63) is 59.2 Å². The van der Waals surface area contributed by atoms with Crippen molar-refractivity contribution in [1.82, 2.24) is 0 Å². The van der Waals surface area contributed by atoms with E-state index in [1.54, 1.807) is 19.1 Å². The highest BCUT2D eigenvalue weighted by Gasteiger charge is 2.27. The standard InChI is InChI=1S/C18H18F2N2O3S/c1-12-10-13(18(23)21-16-6-5-14(19)11-15(16)20)4-7-17(12)22-8-2-3-9-26(22,24)25/h4-7,10-11H,2-3,8-9H2,1H3,(H,21,23). The smallest absolute Gasteiger partial charge is 0.255 e. The number of sulfonamides is 1. The SMILES string of the molecule is Cc1cc(C(=O)Nc2ccc(F)cc2F)ccc1N1CCCCS1(=O)=O. The molecule has 0 aromatic heterocycles. The van der Waals surface area contributed by atoms with Crippen molar-refractivity contribution in [2.45, 2.75) is 19.8 Å². The first-order chi connectivity index (χ1) is 12.3. The lowest BCUT2D eigenvalue weighted by molar-refractivity contribution is 0.102. The van der Waals surface area contributed by atoms with Gasteiger partial charge >= 0.3 is 0 Å². The second-order valence-electron chi connectivity index (χ2n) is 6.17. The fourth-order valence-corrected chi connectivity index (χ4v) is 4.62. The Morgan fingerprint density at radius 3 is 2.54 bits per heavy atom. The number of hydrogen-bond donors (Lipinski definition) is 1. The number of amides is 1. The monoisotopic (exact) mass is 380 g/mol. The first kappa shape index (κ1) is 18.3. The average Bonchev–Trinajstić information content (AvgIpc) is 2.57. The first-order valence-corrected chi connectivity index (χ1v) is 9.76. The highest BCUT2D eigenvalue weighted by Crippen LogP contribution is 2.28. The third kappa shape index (κ3) is 3.70. The topological polar surface area (TPSA) is 66.5 Å². The van der Waals surface area contributed by atoms with Crippen LogP contribution in [0, 0.1) is 18.6 Å². The number of nitrogens with zero attached hydrogens (tertiary/aromatic N) is 1. The minimum atomic E-state index is -3.34. The Labute approximate surface area is 150 Å². The van der Waals surface area contributed by atoms with Crippen molar-refractivity contribution in [2.24, 2.45) is 0 Å². The molecule has 8 heteroatoms. The van der Waals surface area contributed by atoms with Crippen LogP contribution in [0.4, 0.5) is 20.2 Å². The Balaban J connectivity index is 1.84. The molecular weight excluding hydrogens is 362 g/mol. The maximum Gasteiger partial charge on any atom is 0.255 e. The van der Waals surface area contributed by atoms with Crippen LogP contribution in [0.15, 0.2) is 36.4 Å². The first-order valence-electron chi connectivity index (χ1n) is 8.15. The molecule has 0 saturated carbocycles. The van der Waals surface area contributed by atoms with E-state index in [0.29, 0.717) is 30.3 Å². The summed E-state index contributed by atoms with van der Waals surface area (Å²) in [5, 5.41) is 2.38. The van der Waals surface area contributed by atoms with Gasteiger partial charge < -0.3 is 5.32 Å². The van der Waals surface area contributed by atoms with Gasteiger partial charge in [0.1, 0.15) is 11.6 Å². The van der Waals surface area contributed by atoms with Crippen molar-refractivity contribution in [2.75, 3.05) is 21.9 Å². The van der Waals surface area contributed by atoms with Crippen LogP contribution in [0.25, 0.3) is 0 Å². The predicted octanol–water partition coefficient (Wildman–Crippen LogP) is 3.46. The van der Waals surface area contributed by atoms with Crippen LogP contribution >= 0.6 is 0 Å². The lowest BCUT2D eigenvalue weighted by Gasteiger charge is -2.29. The molecule has 5 nitrogen and oxygen atoms in total. The van der Waals surface area contributed by atoms with E-state index < -0.39 is 27.6 Å². The summed E-state index contributed by atoms with van der Waals surface area (Å²) < 4.78 is 52.4. The van der Waals surface area contributed by atoms with Gasteiger partial charge in [-0.3, -0.25) is 9.10 Å². The molecule has 2 aromatic rings. The molecule has 1 aliphatic heterocycles. The second kappa shape index (κ2) is 7.03. The molecule has 0 radical (unpaired) electrons. The lowest BCUT2D eigenvalue weighted by Crippen LogP contribution is -2.38. The second-order valence-corrected chi connectivity index (χ2v) is 8.19. The van der Waals surface area contributed by atoms with E-state index in [0.717, 1.165) is 18.6 Å². The normalized spacial score (nSPS) is 16.3. The maximum atomic E-state index is 13.7. The van der Waals surface area contributed by atoms with Crippen molar-refractivity contribution in [1.29, 1.82) is 0 Å². The van der Waals surface area contributed by atoms with Crippen LogP contribution in [-0.4, -0.2) is 26.6 Å². The molecule has 0 aliphatic carbocycles. The molecule has 0 spiro atoms. The van der Waals surface area contributed by atoms with Crippen molar-refractivity contribution < 1.29 is 22.0 Å². The summed E-state index contributed by atoms with van der Waals surface area (Å²) in [5.74, 6) is -2.06. The summed E-state index contributed by atoms with van der Waals surface area (Å²) in [6.45, 7) is 2.13. The molecule has 1 fully saturated rings. The lowest BCUT2D eigenvalue weighted by atomic mass is 10.1. The zero-order chi connectivity index (χ0) is 18.9. The van der Waals surface area contributed by atoms with Gasteiger partial charge in [-0.25, -0.2) is 17.2 Å². The Morgan fingerprint density at radius 1 is 1.12 bits per heavy atom. The Hall–Kier alpha value is -2.48. The Morgan fingerprint density at radius 2 is 1.88 bits per heavy atom. The van der Waals surface area contributed by atoms with E-state index in [-0.39, 0.29) is 17.0 Å². The molecule has 0 atom stereocenters. The van der Waals surface area contributed by atoms with Gasteiger partial charge in [0.2, 0.25) is 10.0 Å². The summed E-state index contributed by atoms with van der Waals surface area (Å²) in [6.07, 6.45) is 1.42. The highest BCUT2D eigenvalue weighted by molar-refractivity contribution is 7.92. The van der Waals surface area contributed by atoms with Crippen molar-refractivity contribution >= 4 is 27.3 Å². The zero-order valence-corrected chi connectivity index (χ0v) is 14.9. The van der Waals surface area contributed by atoms with E-state index in [9.17, 15) is 22.0 Å². The predicted molar refractivity (Wildman–Crippen MR) is 95.9 cm³/mol. The van der Waals surface area contributed by atoms with Crippen LogP contribution in [0.5, 0.6) is 0 Å². The molecule has 1 heterocycles. The molecule has 26 heavy (non-hydrogen) atoms. The fourth-order valence-electron chi connectivity index (χ4n) is 2.92. The molecular formula is C18H18F2N2O3S. The van der Waals surface area contributed by atoms with Gasteiger partial charge in [0.25, 0.3) is 5.91 Å². The molecule has 138 valence electrons. The van der Waals surface area contributed by atoms with E-state index in [1.165, 1.54) is 10.4 Å². The number of nitrogens with one attached hydrogen (secondary N) is 1. The van der Waals surface area contributed by atoms with Crippen LogP contribution < -0.4 is 9.62 Å². The van der Waals surface area contributed by atoms with Crippen LogP contribution in [-0.2, 0) is 10.0 Å². The summed E-state index contributed by atoms with van der Waals surface area (Å²) in [4.78, 5) is 12.3. The minimum absolute atomic E-state index is 0.110. The van der Waals surface area contributed by atoms with E-state index in [4.69, 9.17) is 0 Å². The quantitative estimate of drug-likeness (QED) is 0.887. The van der Waals surface area contributed by atoms with Crippen LogP contribution in [0.1, 0.15) is 28.8 Å². The molecule has 1 N–H and O–H groups in total. The number of aryl methyl sites for hydroxylation is 1. The minimum Gasteiger partial charge on any atom is -0.319 e. The number of hydrogen-bond acceptors (Lipinski definition) is 3. The molecule has 1 saturated heterocycles. The summed E-state index contributed by atoms with van der Waals surface area (Å²) in [7, 11) is -3.34. The van der Waals surface area contributed by atoms with E-state index in [2.05, 4.69) is 5.32 Å². The Bertz CT molecular complexity index is 961. The molecule has 2 aromatic carbocycles. The third-order valence-corrected chi connectivity index (χ3v) is 6.11. The number of carbonyl (C=O) groups is 1. The average molecular weight is 380 g/mol. The van der Waals surface area contributed by atoms with Gasteiger partial charge in [-0.2, -0.15) is 0 Å². The molecule has 0 bridgehead atoms. The number of benzene rings is 2. The number of anilines is 2. The van der Waals surface area contributed by atoms with Crippen LogP contribution in [0.2, 0.25) is 0 Å². The third-order valence-electron chi connectivity index (χ3n) is 4.26. The van der Waals surface area contributed by atoms with Gasteiger partial charge in [0.15, 0.2) is 0 Å². The van der Waals surface area contributed by atoms with Gasteiger partial charge in [-0.15, -0.1) is 0 Å². The molecule has 3 rings (SSSR count). The van der Waals surface area contributed by atoms with Gasteiger partial charge in [-0.1, -0.05) is 0 Å². The fraction of sp³-hybridized carbons (Fsp3) is 0.278. The molecule has 1 amide bonds. The van der Waals surface area contributed by atoms with Crippen molar-refractivity contribution in [3.8, 4) is 0 Å². The summed E-state index contributed by atoms with van der Waals surface area (Å²) in [5.41, 5.74) is 1.29. The molecule has 0 unspecified atom stereocenters. The van der Waals surface area contributed by atoms with Crippen LogP contribution in [0.3, 0.4) is 0 Å². The van der Waals surface area contributed by atoms with Gasteiger partial charge in [0.05, 0.1) is 17.1 Å². The number of rotatable bonds is 3. The van der Waals surface area contributed by atoms with E-state index in [1.807, 2.05) is 0 Å². The maximum absolute atomic E-state index is 13.7. The Kier molecular flexibility index (Phi) is 4.95. The zero-order valence-electron chi connectivity index (χ0n) is 14.1. The van der Waals surface area contributed by atoms with Gasteiger partial charge in [-0.05, 0) is 55.7 Å². The van der Waals surface area contributed by atoms with E-state index >= 15 is 0 Å². The number of carbonyl (C=O) groups excluding carboxylic acids is 1. The number of halogens is 2.